The molecule has 0 bridgehead atoms. The summed E-state index contributed by atoms with van der Waals surface area (Å²) in [6, 6.07) is 2.17. The number of alkyl halides is 3. The zero-order valence-electron chi connectivity index (χ0n) is 15.0. The van der Waals surface area contributed by atoms with Gasteiger partial charge in [-0.25, -0.2) is 4.79 Å². The van der Waals surface area contributed by atoms with E-state index in [0.717, 1.165) is 31.9 Å². The number of fused-ring (bicyclic) bond motifs is 1. The second-order valence-corrected chi connectivity index (χ2v) is 7.60. The third kappa shape index (κ3) is 4.53. The van der Waals surface area contributed by atoms with Crippen molar-refractivity contribution < 1.29 is 27.9 Å². The minimum absolute atomic E-state index is 0.156. The fourth-order valence-electron chi connectivity index (χ4n) is 3.50. The standard InChI is InChI=1S/C15H18N4OS.C2HF3O2/c1-17-8-13(4-16-17)19-7-12-6-18(9-14(12)15(19)20)5-11-2-3-21-10-11;3-2(4,5)1(6)7/h2-4,8,10,12,14H,5-7,9H2,1H3;(H,6,7)/t12-,14-;/m0./s1. The highest BCUT2D eigenvalue weighted by atomic mass is 32.1. The Hall–Kier alpha value is -2.40. The Morgan fingerprint density at radius 1 is 1.36 bits per heavy atom. The van der Waals surface area contributed by atoms with Crippen molar-refractivity contribution >= 4 is 28.9 Å². The van der Waals surface area contributed by atoms with E-state index < -0.39 is 12.1 Å². The fourth-order valence-corrected chi connectivity index (χ4v) is 4.16. The molecule has 0 radical (unpaired) electrons. The second-order valence-electron chi connectivity index (χ2n) is 6.82. The zero-order valence-corrected chi connectivity index (χ0v) is 15.8. The number of carbonyl (C=O) groups is 2. The maximum absolute atomic E-state index is 12.6. The average molecular weight is 416 g/mol. The van der Waals surface area contributed by atoms with Crippen molar-refractivity contribution in [2.45, 2.75) is 12.7 Å². The third-order valence-electron chi connectivity index (χ3n) is 4.75. The van der Waals surface area contributed by atoms with E-state index in [1.165, 1.54) is 5.56 Å². The Morgan fingerprint density at radius 3 is 2.57 bits per heavy atom. The van der Waals surface area contributed by atoms with Gasteiger partial charge < -0.3 is 10.0 Å². The van der Waals surface area contributed by atoms with Crippen molar-refractivity contribution in [1.82, 2.24) is 14.7 Å². The van der Waals surface area contributed by atoms with Crippen LogP contribution in [0.4, 0.5) is 18.9 Å². The van der Waals surface area contributed by atoms with Gasteiger partial charge in [0.2, 0.25) is 5.91 Å². The van der Waals surface area contributed by atoms with Gasteiger partial charge in [-0.15, -0.1) is 0 Å². The van der Waals surface area contributed by atoms with Crippen molar-refractivity contribution in [1.29, 1.82) is 0 Å². The molecule has 1 N–H and O–H groups in total. The molecule has 0 saturated carbocycles. The number of aryl methyl sites for hydroxylation is 1. The number of carboxylic acids is 1. The molecular formula is C17H19F3N4O3S. The molecule has 0 aliphatic carbocycles. The molecule has 7 nitrogen and oxygen atoms in total. The van der Waals surface area contributed by atoms with Crippen LogP contribution in [0.25, 0.3) is 0 Å². The SMILES string of the molecule is Cn1cc(N2C[C@@H]3CN(Cc4ccsc4)C[C@@H]3C2=O)cn1.O=C(O)C(F)(F)F. The van der Waals surface area contributed by atoms with Crippen LogP contribution in [0.2, 0.25) is 0 Å². The van der Waals surface area contributed by atoms with E-state index in [-0.39, 0.29) is 11.8 Å². The van der Waals surface area contributed by atoms with E-state index >= 15 is 0 Å². The second kappa shape index (κ2) is 7.92. The van der Waals surface area contributed by atoms with Crippen molar-refractivity contribution in [3.05, 3.63) is 34.8 Å². The number of amides is 1. The zero-order chi connectivity index (χ0) is 20.5. The van der Waals surface area contributed by atoms with Crippen LogP contribution >= 0.6 is 11.3 Å². The number of aromatic nitrogens is 2. The summed E-state index contributed by atoms with van der Waals surface area (Å²) in [6.07, 6.45) is -1.38. The quantitative estimate of drug-likeness (QED) is 0.830. The molecule has 2 aromatic rings. The molecular weight excluding hydrogens is 397 g/mol. The summed E-state index contributed by atoms with van der Waals surface area (Å²) in [5.41, 5.74) is 2.29. The van der Waals surface area contributed by atoms with Crippen LogP contribution in [0.15, 0.2) is 29.2 Å². The summed E-state index contributed by atoms with van der Waals surface area (Å²) < 4.78 is 33.5. The first kappa shape index (κ1) is 20.3. The number of hydrogen-bond acceptors (Lipinski definition) is 5. The van der Waals surface area contributed by atoms with E-state index in [0.29, 0.717) is 5.92 Å². The number of aliphatic carboxylic acids is 1. The van der Waals surface area contributed by atoms with Gasteiger partial charge in [0.1, 0.15) is 0 Å². The number of likely N-dealkylation sites (tertiary alicyclic amines) is 1. The van der Waals surface area contributed by atoms with Gasteiger partial charge in [0.25, 0.3) is 0 Å². The molecule has 2 aromatic heterocycles. The van der Waals surface area contributed by atoms with Crippen molar-refractivity contribution in [2.24, 2.45) is 18.9 Å². The Morgan fingerprint density at radius 2 is 2.07 bits per heavy atom. The van der Waals surface area contributed by atoms with Crippen molar-refractivity contribution in [2.75, 3.05) is 24.5 Å². The molecule has 0 spiro atoms. The normalized spacial score (nSPS) is 22.1. The van der Waals surface area contributed by atoms with Gasteiger partial charge in [-0.05, 0) is 22.4 Å². The molecule has 0 unspecified atom stereocenters. The first-order valence-corrected chi connectivity index (χ1v) is 9.43. The predicted molar refractivity (Wildman–Crippen MR) is 95.8 cm³/mol. The Kier molecular flexibility index (Phi) is 5.75. The first-order valence-electron chi connectivity index (χ1n) is 8.48. The number of carboxylic acid groups (broad SMARTS) is 1. The molecule has 1 amide bonds. The summed E-state index contributed by atoms with van der Waals surface area (Å²) in [5.74, 6) is -1.88. The smallest absolute Gasteiger partial charge is 0.475 e. The largest absolute Gasteiger partial charge is 0.490 e. The summed E-state index contributed by atoms with van der Waals surface area (Å²) in [4.78, 5) is 25.8. The van der Waals surface area contributed by atoms with E-state index in [1.807, 2.05) is 18.1 Å². The Bertz CT molecular complexity index is 837. The van der Waals surface area contributed by atoms with Crippen molar-refractivity contribution in [3.63, 3.8) is 0 Å². The topological polar surface area (TPSA) is 78.7 Å². The first-order chi connectivity index (χ1) is 13.1. The number of anilines is 1. The van der Waals surface area contributed by atoms with E-state index in [2.05, 4.69) is 26.8 Å². The highest BCUT2D eigenvalue weighted by Gasteiger charge is 2.46. The minimum atomic E-state index is -5.08. The van der Waals surface area contributed by atoms with Crippen LogP contribution in [0.1, 0.15) is 5.56 Å². The summed E-state index contributed by atoms with van der Waals surface area (Å²) >= 11 is 1.73. The van der Waals surface area contributed by atoms with Gasteiger partial charge >= 0.3 is 12.1 Å². The van der Waals surface area contributed by atoms with Gasteiger partial charge in [0, 0.05) is 45.3 Å². The maximum atomic E-state index is 12.6. The number of hydrogen-bond donors (Lipinski definition) is 1. The highest BCUT2D eigenvalue weighted by molar-refractivity contribution is 7.07. The van der Waals surface area contributed by atoms with E-state index in [9.17, 15) is 18.0 Å². The fraction of sp³-hybridized carbons (Fsp3) is 0.471. The highest BCUT2D eigenvalue weighted by Crippen LogP contribution is 2.35. The van der Waals surface area contributed by atoms with E-state index in [1.54, 1.807) is 22.2 Å². The molecule has 152 valence electrons. The molecule has 0 aromatic carbocycles. The van der Waals surface area contributed by atoms with E-state index in [4.69, 9.17) is 9.90 Å². The van der Waals surface area contributed by atoms with Crippen LogP contribution in [0.3, 0.4) is 0 Å². The molecule has 2 fully saturated rings. The van der Waals surface area contributed by atoms with Crippen molar-refractivity contribution in [3.8, 4) is 0 Å². The van der Waals surface area contributed by atoms with Crippen LogP contribution in [0.5, 0.6) is 0 Å². The lowest BCUT2D eigenvalue weighted by molar-refractivity contribution is -0.192. The van der Waals surface area contributed by atoms with Crippen LogP contribution in [-0.4, -0.2) is 57.5 Å². The Balaban J connectivity index is 0.000000279. The van der Waals surface area contributed by atoms with Gasteiger partial charge in [-0.2, -0.15) is 29.6 Å². The Labute approximate surface area is 163 Å². The average Bonchev–Trinajstić information content (AvgIpc) is 3.36. The summed E-state index contributed by atoms with van der Waals surface area (Å²) in [6.45, 7) is 3.70. The van der Waals surface area contributed by atoms with Crippen LogP contribution in [-0.2, 0) is 23.2 Å². The summed E-state index contributed by atoms with van der Waals surface area (Å²) in [7, 11) is 1.88. The summed E-state index contributed by atoms with van der Waals surface area (Å²) in [5, 5.41) is 15.6. The lowest BCUT2D eigenvalue weighted by Gasteiger charge is -2.20. The number of rotatable bonds is 3. The molecule has 2 aliphatic rings. The molecule has 4 heterocycles. The number of carbonyl (C=O) groups excluding carboxylic acids is 1. The molecule has 2 atom stereocenters. The lowest BCUT2D eigenvalue weighted by atomic mass is 10.0. The van der Waals surface area contributed by atoms with Gasteiger partial charge in [-0.3, -0.25) is 14.4 Å². The molecule has 11 heteroatoms. The van der Waals surface area contributed by atoms with Crippen LogP contribution in [0, 0.1) is 11.8 Å². The predicted octanol–water partition coefficient (Wildman–Crippen LogP) is 2.21. The maximum Gasteiger partial charge on any atom is 0.490 e. The van der Waals surface area contributed by atoms with Gasteiger partial charge in [0.15, 0.2) is 0 Å². The van der Waals surface area contributed by atoms with Gasteiger partial charge in [-0.1, -0.05) is 0 Å². The molecule has 2 aliphatic heterocycles. The number of halogens is 3. The molecule has 4 rings (SSSR count). The lowest BCUT2D eigenvalue weighted by Crippen LogP contribution is -2.32. The third-order valence-corrected chi connectivity index (χ3v) is 5.48. The van der Waals surface area contributed by atoms with Gasteiger partial charge in [0.05, 0.1) is 17.8 Å². The van der Waals surface area contributed by atoms with Crippen LogP contribution < -0.4 is 4.90 Å². The minimum Gasteiger partial charge on any atom is -0.475 e. The number of thiophene rings is 1. The molecule has 28 heavy (non-hydrogen) atoms. The molecule has 2 saturated heterocycles. The number of nitrogens with zero attached hydrogens (tertiary/aromatic N) is 4. The monoisotopic (exact) mass is 416 g/mol.